The van der Waals surface area contributed by atoms with Crippen LogP contribution in [0.2, 0.25) is 0 Å². The molecule has 0 aliphatic heterocycles. The van der Waals surface area contributed by atoms with Gasteiger partial charge in [-0.15, -0.1) is 0 Å². The largest absolute Gasteiger partial charge is 0.349 e. The summed E-state index contributed by atoms with van der Waals surface area (Å²) in [6.45, 7) is 0.642. The summed E-state index contributed by atoms with van der Waals surface area (Å²) >= 11 is 0. The van der Waals surface area contributed by atoms with Crippen LogP contribution in [-0.4, -0.2) is 28.5 Å². The van der Waals surface area contributed by atoms with Crippen molar-refractivity contribution < 1.29 is 4.79 Å². The van der Waals surface area contributed by atoms with Crippen molar-refractivity contribution in [2.45, 2.75) is 31.7 Å². The van der Waals surface area contributed by atoms with E-state index in [2.05, 4.69) is 15.3 Å². The molecule has 5 nitrogen and oxygen atoms in total. The summed E-state index contributed by atoms with van der Waals surface area (Å²) in [6.07, 6.45) is 11.6. The number of aromatic amines is 1. The first-order valence-electron chi connectivity index (χ1n) is 7.88. The highest BCUT2D eigenvalue weighted by molar-refractivity contribution is 5.95. The van der Waals surface area contributed by atoms with E-state index in [-0.39, 0.29) is 11.9 Å². The molecule has 2 aromatic rings. The molecule has 0 aromatic carbocycles. The lowest BCUT2D eigenvalue weighted by Crippen LogP contribution is -2.44. The molecule has 22 heavy (non-hydrogen) atoms. The minimum atomic E-state index is -0.0522. The van der Waals surface area contributed by atoms with Crippen molar-refractivity contribution in [3.05, 3.63) is 36.2 Å². The molecule has 2 aromatic heterocycles. The van der Waals surface area contributed by atoms with Gasteiger partial charge in [0.2, 0.25) is 5.91 Å². The van der Waals surface area contributed by atoms with Crippen LogP contribution in [0.1, 0.15) is 31.2 Å². The lowest BCUT2D eigenvalue weighted by atomic mass is 9.84. The number of nitrogens with zero attached hydrogens (tertiary/aromatic N) is 1. The molecule has 1 amide bonds. The third kappa shape index (κ3) is 3.20. The van der Waals surface area contributed by atoms with Crippen LogP contribution in [-0.2, 0) is 4.79 Å². The van der Waals surface area contributed by atoms with Gasteiger partial charge in [-0.25, -0.2) is 4.98 Å². The van der Waals surface area contributed by atoms with E-state index in [1.165, 1.54) is 12.8 Å². The molecule has 0 saturated heterocycles. The van der Waals surface area contributed by atoms with E-state index in [1.807, 2.05) is 24.4 Å². The molecule has 1 aliphatic carbocycles. The maximum absolute atomic E-state index is 12.1. The summed E-state index contributed by atoms with van der Waals surface area (Å²) in [6, 6.07) is 4.09. The number of pyridine rings is 1. The molecule has 2 atom stereocenters. The van der Waals surface area contributed by atoms with Gasteiger partial charge in [-0.1, -0.05) is 12.8 Å². The molecule has 5 heteroatoms. The van der Waals surface area contributed by atoms with Gasteiger partial charge in [0.15, 0.2) is 0 Å². The maximum Gasteiger partial charge on any atom is 0.244 e. The second kappa shape index (κ2) is 6.75. The van der Waals surface area contributed by atoms with E-state index in [0.29, 0.717) is 12.5 Å². The monoisotopic (exact) mass is 298 g/mol. The summed E-state index contributed by atoms with van der Waals surface area (Å²) < 4.78 is 0. The minimum absolute atomic E-state index is 0.0522. The lowest BCUT2D eigenvalue weighted by molar-refractivity contribution is -0.117. The maximum atomic E-state index is 12.1. The molecule has 1 saturated carbocycles. The van der Waals surface area contributed by atoms with E-state index in [4.69, 9.17) is 5.73 Å². The van der Waals surface area contributed by atoms with Crippen molar-refractivity contribution in [1.82, 2.24) is 15.3 Å². The average molecular weight is 298 g/mol. The Morgan fingerprint density at radius 3 is 3.18 bits per heavy atom. The molecule has 1 fully saturated rings. The van der Waals surface area contributed by atoms with Crippen molar-refractivity contribution >= 4 is 23.0 Å². The zero-order valence-electron chi connectivity index (χ0n) is 12.6. The standard InChI is InChI=1S/C17H22N4O/c18-10-12-4-1-2-6-15(12)21-16(22)8-7-13-11-20-17-14(13)5-3-9-19-17/h3,5,7-9,11-12,15H,1-2,4,6,10,18H2,(H,19,20)(H,21,22)/b8-7+/t12-,15-/m0/s1. The topological polar surface area (TPSA) is 83.8 Å². The van der Waals surface area contributed by atoms with Crippen LogP contribution in [0.25, 0.3) is 17.1 Å². The number of carbonyl (C=O) groups is 1. The van der Waals surface area contributed by atoms with Crippen LogP contribution in [0, 0.1) is 5.92 Å². The first-order chi connectivity index (χ1) is 10.8. The van der Waals surface area contributed by atoms with Gasteiger partial charge in [-0.2, -0.15) is 0 Å². The quantitative estimate of drug-likeness (QED) is 0.757. The van der Waals surface area contributed by atoms with Gasteiger partial charge < -0.3 is 16.0 Å². The summed E-state index contributed by atoms with van der Waals surface area (Å²) in [5, 5.41) is 4.12. The van der Waals surface area contributed by atoms with Crippen molar-refractivity contribution in [3.8, 4) is 0 Å². The number of H-pyrrole nitrogens is 1. The van der Waals surface area contributed by atoms with Crippen LogP contribution < -0.4 is 11.1 Å². The number of hydrogen-bond donors (Lipinski definition) is 3. The second-order valence-electron chi connectivity index (χ2n) is 5.87. The smallest absolute Gasteiger partial charge is 0.244 e. The number of fused-ring (bicyclic) bond motifs is 1. The number of carbonyl (C=O) groups excluding carboxylic acids is 1. The Bertz CT molecular complexity index is 676. The van der Waals surface area contributed by atoms with Crippen LogP contribution >= 0.6 is 0 Å². The zero-order valence-corrected chi connectivity index (χ0v) is 12.6. The van der Waals surface area contributed by atoms with Crippen molar-refractivity contribution in [2.75, 3.05) is 6.54 Å². The number of nitrogens with one attached hydrogen (secondary N) is 2. The van der Waals surface area contributed by atoms with Crippen LogP contribution in [0.15, 0.2) is 30.6 Å². The lowest BCUT2D eigenvalue weighted by Gasteiger charge is -2.30. The molecule has 0 bridgehead atoms. The Hall–Kier alpha value is -2.14. The van der Waals surface area contributed by atoms with Gasteiger partial charge >= 0.3 is 0 Å². The Labute approximate surface area is 130 Å². The first-order valence-corrected chi connectivity index (χ1v) is 7.88. The predicted molar refractivity (Wildman–Crippen MR) is 88.1 cm³/mol. The van der Waals surface area contributed by atoms with Crippen molar-refractivity contribution in [2.24, 2.45) is 11.7 Å². The number of rotatable bonds is 4. The van der Waals surface area contributed by atoms with Crippen LogP contribution in [0.3, 0.4) is 0 Å². The highest BCUT2D eigenvalue weighted by Gasteiger charge is 2.24. The molecule has 0 unspecified atom stereocenters. The van der Waals surface area contributed by atoms with E-state index < -0.39 is 0 Å². The molecule has 2 heterocycles. The highest BCUT2D eigenvalue weighted by Crippen LogP contribution is 2.23. The van der Waals surface area contributed by atoms with Gasteiger partial charge in [0.1, 0.15) is 5.65 Å². The molecular formula is C17H22N4O. The molecular weight excluding hydrogens is 276 g/mol. The molecule has 3 rings (SSSR count). The number of aromatic nitrogens is 2. The van der Waals surface area contributed by atoms with Crippen molar-refractivity contribution in [3.63, 3.8) is 0 Å². The van der Waals surface area contributed by atoms with E-state index in [9.17, 15) is 4.79 Å². The molecule has 116 valence electrons. The van der Waals surface area contributed by atoms with Crippen molar-refractivity contribution in [1.29, 1.82) is 0 Å². The number of hydrogen-bond acceptors (Lipinski definition) is 3. The average Bonchev–Trinajstić information content (AvgIpc) is 2.97. The highest BCUT2D eigenvalue weighted by atomic mass is 16.1. The van der Waals surface area contributed by atoms with E-state index >= 15 is 0 Å². The number of amides is 1. The molecule has 1 aliphatic rings. The fourth-order valence-electron chi connectivity index (χ4n) is 3.19. The van der Waals surface area contributed by atoms with Gasteiger partial charge in [0, 0.05) is 35.5 Å². The summed E-state index contributed by atoms with van der Waals surface area (Å²) in [7, 11) is 0. The second-order valence-corrected chi connectivity index (χ2v) is 5.87. The molecule has 4 N–H and O–H groups in total. The summed E-state index contributed by atoms with van der Waals surface area (Å²) in [5.41, 5.74) is 7.60. The normalized spacial score (nSPS) is 22.2. The third-order valence-electron chi connectivity index (χ3n) is 4.44. The van der Waals surface area contributed by atoms with Crippen LogP contribution in [0.5, 0.6) is 0 Å². The number of nitrogens with two attached hydrogens (primary N) is 1. The molecule has 0 radical (unpaired) electrons. The third-order valence-corrected chi connectivity index (χ3v) is 4.44. The van der Waals surface area contributed by atoms with Gasteiger partial charge in [0.25, 0.3) is 0 Å². The first kappa shape index (κ1) is 14.8. The molecule has 0 spiro atoms. The predicted octanol–water partition coefficient (Wildman–Crippen LogP) is 2.21. The SMILES string of the molecule is NC[C@@H]1CCCC[C@@H]1NC(=O)/C=C/c1c[nH]c2ncccc12. The fourth-order valence-corrected chi connectivity index (χ4v) is 3.19. The Morgan fingerprint density at radius 2 is 2.32 bits per heavy atom. The van der Waals surface area contributed by atoms with Gasteiger partial charge in [-0.3, -0.25) is 4.79 Å². The minimum Gasteiger partial charge on any atom is -0.349 e. The fraction of sp³-hybridized carbons (Fsp3) is 0.412. The Balaban J connectivity index is 1.66. The van der Waals surface area contributed by atoms with Gasteiger partial charge in [-0.05, 0) is 43.5 Å². The van der Waals surface area contributed by atoms with Gasteiger partial charge in [0.05, 0.1) is 0 Å². The zero-order chi connectivity index (χ0) is 15.4. The van der Waals surface area contributed by atoms with E-state index in [0.717, 1.165) is 29.4 Å². The Morgan fingerprint density at radius 1 is 1.45 bits per heavy atom. The van der Waals surface area contributed by atoms with Crippen LogP contribution in [0.4, 0.5) is 0 Å². The Kier molecular flexibility index (Phi) is 4.53. The summed E-state index contributed by atoms with van der Waals surface area (Å²) in [4.78, 5) is 19.5. The summed E-state index contributed by atoms with van der Waals surface area (Å²) in [5.74, 6) is 0.354. The van der Waals surface area contributed by atoms with E-state index in [1.54, 1.807) is 12.3 Å².